The standard InChI is InChI=1S/C15H20N2OS/c1-3-6-18-14-9-12(16)8-13(10-14)17(2)11-15-5-4-7-19-15/h4-5,7-10H,3,6,11,16H2,1-2H3. The summed E-state index contributed by atoms with van der Waals surface area (Å²) >= 11 is 1.76. The molecule has 1 heterocycles. The van der Waals surface area contributed by atoms with Gasteiger partial charge in [0.15, 0.2) is 0 Å². The molecule has 0 fully saturated rings. The van der Waals surface area contributed by atoms with Crippen LogP contribution >= 0.6 is 11.3 Å². The number of anilines is 2. The molecule has 0 aliphatic carbocycles. The SMILES string of the molecule is CCCOc1cc(N)cc(N(C)Cc2cccs2)c1. The maximum absolute atomic E-state index is 5.94. The number of benzene rings is 1. The van der Waals surface area contributed by atoms with Gasteiger partial charge in [-0.05, 0) is 23.9 Å². The van der Waals surface area contributed by atoms with Gasteiger partial charge >= 0.3 is 0 Å². The van der Waals surface area contributed by atoms with E-state index < -0.39 is 0 Å². The summed E-state index contributed by atoms with van der Waals surface area (Å²) in [5, 5.41) is 2.10. The van der Waals surface area contributed by atoms with Gasteiger partial charge in [-0.3, -0.25) is 0 Å². The molecule has 0 aliphatic rings. The minimum Gasteiger partial charge on any atom is -0.493 e. The van der Waals surface area contributed by atoms with E-state index in [9.17, 15) is 0 Å². The minimum atomic E-state index is 0.720. The third-order valence-electron chi connectivity index (χ3n) is 2.80. The summed E-state index contributed by atoms with van der Waals surface area (Å²) in [5.74, 6) is 0.842. The second kappa shape index (κ2) is 6.48. The Labute approximate surface area is 118 Å². The van der Waals surface area contributed by atoms with Gasteiger partial charge in [0, 0.05) is 35.4 Å². The highest BCUT2D eigenvalue weighted by Gasteiger charge is 2.06. The first-order valence-corrected chi connectivity index (χ1v) is 7.34. The zero-order chi connectivity index (χ0) is 13.7. The molecule has 0 bridgehead atoms. The highest BCUT2D eigenvalue weighted by atomic mass is 32.1. The fourth-order valence-electron chi connectivity index (χ4n) is 1.86. The van der Waals surface area contributed by atoms with E-state index in [0.717, 1.165) is 36.7 Å². The van der Waals surface area contributed by atoms with Gasteiger partial charge in [-0.2, -0.15) is 0 Å². The lowest BCUT2D eigenvalue weighted by Crippen LogP contribution is -2.15. The molecule has 0 spiro atoms. The van der Waals surface area contributed by atoms with Crippen LogP contribution in [-0.2, 0) is 6.54 Å². The Morgan fingerprint density at radius 3 is 2.84 bits per heavy atom. The van der Waals surface area contributed by atoms with Crippen molar-refractivity contribution in [1.29, 1.82) is 0 Å². The third kappa shape index (κ3) is 3.89. The number of hydrogen-bond acceptors (Lipinski definition) is 4. The van der Waals surface area contributed by atoms with Crippen LogP contribution in [0, 0.1) is 0 Å². The number of nitrogens with zero attached hydrogens (tertiary/aromatic N) is 1. The van der Waals surface area contributed by atoms with Gasteiger partial charge in [0.2, 0.25) is 0 Å². The summed E-state index contributed by atoms with van der Waals surface area (Å²) in [4.78, 5) is 3.52. The second-order valence-corrected chi connectivity index (χ2v) is 5.58. The van der Waals surface area contributed by atoms with Gasteiger partial charge in [0.1, 0.15) is 5.75 Å². The molecule has 1 aromatic carbocycles. The Morgan fingerprint density at radius 2 is 2.16 bits per heavy atom. The molecule has 102 valence electrons. The molecule has 1 aromatic heterocycles. The molecule has 0 saturated heterocycles. The lowest BCUT2D eigenvalue weighted by Gasteiger charge is -2.20. The molecule has 2 N–H and O–H groups in total. The number of nitrogen functional groups attached to an aromatic ring is 1. The molecular weight excluding hydrogens is 256 g/mol. The molecule has 0 unspecified atom stereocenters. The number of nitrogens with two attached hydrogens (primary N) is 1. The molecule has 0 radical (unpaired) electrons. The van der Waals surface area contributed by atoms with Crippen molar-refractivity contribution < 1.29 is 4.74 Å². The van der Waals surface area contributed by atoms with E-state index in [1.807, 2.05) is 18.2 Å². The van der Waals surface area contributed by atoms with E-state index in [4.69, 9.17) is 10.5 Å². The van der Waals surface area contributed by atoms with E-state index in [-0.39, 0.29) is 0 Å². The zero-order valence-electron chi connectivity index (χ0n) is 11.4. The fraction of sp³-hybridized carbons (Fsp3) is 0.333. The lowest BCUT2D eigenvalue weighted by atomic mass is 10.2. The van der Waals surface area contributed by atoms with Crippen LogP contribution in [0.5, 0.6) is 5.75 Å². The van der Waals surface area contributed by atoms with Gasteiger partial charge in [0.05, 0.1) is 13.2 Å². The molecule has 0 saturated carbocycles. The predicted molar refractivity (Wildman–Crippen MR) is 83.1 cm³/mol. The maximum Gasteiger partial charge on any atom is 0.123 e. The maximum atomic E-state index is 5.94. The Hall–Kier alpha value is -1.68. The molecule has 3 nitrogen and oxygen atoms in total. The van der Waals surface area contributed by atoms with Crippen molar-refractivity contribution in [2.75, 3.05) is 24.3 Å². The normalized spacial score (nSPS) is 10.4. The first kappa shape index (κ1) is 13.7. The van der Waals surface area contributed by atoms with E-state index >= 15 is 0 Å². The van der Waals surface area contributed by atoms with Crippen molar-refractivity contribution in [3.8, 4) is 5.75 Å². The van der Waals surface area contributed by atoms with Crippen molar-refractivity contribution in [3.63, 3.8) is 0 Å². The van der Waals surface area contributed by atoms with Crippen LogP contribution in [0.2, 0.25) is 0 Å². The van der Waals surface area contributed by atoms with Crippen LogP contribution < -0.4 is 15.4 Å². The van der Waals surface area contributed by atoms with E-state index in [0.29, 0.717) is 0 Å². The first-order valence-electron chi connectivity index (χ1n) is 6.46. The molecule has 19 heavy (non-hydrogen) atoms. The Balaban J connectivity index is 2.11. The van der Waals surface area contributed by atoms with Crippen molar-refractivity contribution in [2.45, 2.75) is 19.9 Å². The molecule has 0 aliphatic heterocycles. The first-order chi connectivity index (χ1) is 9.19. The second-order valence-electron chi connectivity index (χ2n) is 4.54. The van der Waals surface area contributed by atoms with Gasteiger partial charge < -0.3 is 15.4 Å². The van der Waals surface area contributed by atoms with Gasteiger partial charge in [-0.25, -0.2) is 0 Å². The Bertz CT molecular complexity index is 511. The highest BCUT2D eigenvalue weighted by molar-refractivity contribution is 7.09. The third-order valence-corrected chi connectivity index (χ3v) is 3.66. The smallest absolute Gasteiger partial charge is 0.123 e. The summed E-state index contributed by atoms with van der Waals surface area (Å²) < 4.78 is 5.66. The largest absolute Gasteiger partial charge is 0.493 e. The van der Waals surface area contributed by atoms with Crippen molar-refractivity contribution >= 4 is 22.7 Å². The van der Waals surface area contributed by atoms with Crippen LogP contribution in [0.1, 0.15) is 18.2 Å². The molecular formula is C15H20N2OS. The average molecular weight is 276 g/mol. The average Bonchev–Trinajstić information content (AvgIpc) is 2.88. The molecule has 0 atom stereocenters. The number of ether oxygens (including phenoxy) is 1. The summed E-state index contributed by atoms with van der Waals surface area (Å²) in [6.45, 7) is 3.70. The quantitative estimate of drug-likeness (QED) is 0.817. The van der Waals surface area contributed by atoms with Crippen molar-refractivity contribution in [3.05, 3.63) is 40.6 Å². The van der Waals surface area contributed by atoms with Crippen LogP contribution in [0.15, 0.2) is 35.7 Å². The molecule has 2 rings (SSSR count). The summed E-state index contributed by atoms with van der Waals surface area (Å²) in [7, 11) is 2.07. The van der Waals surface area contributed by atoms with Gasteiger partial charge in [0.25, 0.3) is 0 Å². The predicted octanol–water partition coefficient (Wildman–Crippen LogP) is 3.76. The van der Waals surface area contributed by atoms with E-state index in [1.54, 1.807) is 11.3 Å². The topological polar surface area (TPSA) is 38.5 Å². The Kier molecular flexibility index (Phi) is 4.68. The molecule has 2 aromatic rings. The highest BCUT2D eigenvalue weighted by Crippen LogP contribution is 2.26. The molecule has 0 amide bonds. The number of hydrogen-bond donors (Lipinski definition) is 1. The fourth-order valence-corrected chi connectivity index (χ4v) is 2.61. The summed E-state index contributed by atoms with van der Waals surface area (Å²) in [6, 6.07) is 10.1. The van der Waals surface area contributed by atoms with Crippen LogP contribution in [0.25, 0.3) is 0 Å². The monoisotopic (exact) mass is 276 g/mol. The van der Waals surface area contributed by atoms with Gasteiger partial charge in [-0.1, -0.05) is 13.0 Å². The van der Waals surface area contributed by atoms with Crippen LogP contribution in [0.4, 0.5) is 11.4 Å². The van der Waals surface area contributed by atoms with Crippen molar-refractivity contribution in [2.24, 2.45) is 0 Å². The van der Waals surface area contributed by atoms with Crippen LogP contribution in [-0.4, -0.2) is 13.7 Å². The lowest BCUT2D eigenvalue weighted by molar-refractivity contribution is 0.317. The van der Waals surface area contributed by atoms with E-state index in [1.165, 1.54) is 4.88 Å². The Morgan fingerprint density at radius 1 is 1.32 bits per heavy atom. The van der Waals surface area contributed by atoms with Crippen LogP contribution in [0.3, 0.4) is 0 Å². The summed E-state index contributed by atoms with van der Waals surface area (Å²) in [6.07, 6.45) is 0.995. The minimum absolute atomic E-state index is 0.720. The van der Waals surface area contributed by atoms with Gasteiger partial charge in [-0.15, -0.1) is 11.3 Å². The van der Waals surface area contributed by atoms with Crippen molar-refractivity contribution in [1.82, 2.24) is 0 Å². The summed E-state index contributed by atoms with van der Waals surface area (Å²) in [5.41, 5.74) is 7.76. The number of thiophene rings is 1. The molecule has 4 heteroatoms. The number of rotatable bonds is 6. The zero-order valence-corrected chi connectivity index (χ0v) is 12.2. The van der Waals surface area contributed by atoms with E-state index in [2.05, 4.69) is 36.4 Å².